The number of para-hydroxylation sites is 1. The Morgan fingerprint density at radius 3 is 2.64 bits per heavy atom. The summed E-state index contributed by atoms with van der Waals surface area (Å²) in [6.45, 7) is 4.05. The first kappa shape index (κ1) is 20.3. The Hall–Kier alpha value is -2.44. The molecule has 0 unspecified atom stereocenters. The molecule has 2 aliphatic rings. The second-order valence-electron chi connectivity index (χ2n) is 7.44. The maximum absolute atomic E-state index is 11.8. The normalized spacial score (nSPS) is 18.9. The molecule has 0 atom stereocenters. The maximum Gasteiger partial charge on any atom is 0.409 e. The van der Waals surface area contributed by atoms with Gasteiger partial charge in [0.2, 0.25) is 0 Å². The van der Waals surface area contributed by atoms with Crippen molar-refractivity contribution in [2.45, 2.75) is 64.1 Å². The quantitative estimate of drug-likeness (QED) is 0.578. The summed E-state index contributed by atoms with van der Waals surface area (Å²) in [5.41, 5.74) is 7.15. The highest BCUT2D eigenvalue weighted by Gasteiger charge is 2.23. The summed E-state index contributed by atoms with van der Waals surface area (Å²) < 4.78 is 11.2. The van der Waals surface area contributed by atoms with Gasteiger partial charge in [0.25, 0.3) is 0 Å². The summed E-state index contributed by atoms with van der Waals surface area (Å²) in [6.07, 6.45) is 6.50. The van der Waals surface area contributed by atoms with E-state index < -0.39 is 0 Å². The van der Waals surface area contributed by atoms with Crippen LogP contribution in [0.25, 0.3) is 0 Å². The van der Waals surface area contributed by atoms with Crippen LogP contribution in [0, 0.1) is 0 Å². The number of hydrogen-bond donors (Lipinski definition) is 2. The van der Waals surface area contributed by atoms with Gasteiger partial charge in [-0.2, -0.15) is 0 Å². The number of ether oxygens (including phenoxy) is 2. The fourth-order valence-electron chi connectivity index (χ4n) is 3.78. The molecule has 1 aliphatic carbocycles. The van der Waals surface area contributed by atoms with Gasteiger partial charge in [0.05, 0.1) is 19.3 Å². The molecule has 28 heavy (non-hydrogen) atoms. The van der Waals surface area contributed by atoms with E-state index in [2.05, 4.69) is 10.3 Å². The minimum Gasteiger partial charge on any atom is -0.490 e. The number of aliphatic imine (C=N–C) groups is 1. The van der Waals surface area contributed by atoms with Crippen molar-refractivity contribution >= 4 is 12.1 Å². The van der Waals surface area contributed by atoms with Gasteiger partial charge in [-0.3, -0.25) is 0 Å². The number of guanidine groups is 1. The van der Waals surface area contributed by atoms with E-state index >= 15 is 0 Å². The number of piperidine rings is 1. The first-order chi connectivity index (χ1) is 13.7. The third-order valence-corrected chi connectivity index (χ3v) is 5.36. The van der Waals surface area contributed by atoms with Crippen molar-refractivity contribution in [1.29, 1.82) is 0 Å². The van der Waals surface area contributed by atoms with Crippen LogP contribution >= 0.6 is 0 Å². The van der Waals surface area contributed by atoms with Gasteiger partial charge >= 0.3 is 6.09 Å². The molecule has 3 rings (SSSR count). The molecule has 3 N–H and O–H groups in total. The Morgan fingerprint density at radius 2 is 1.93 bits per heavy atom. The van der Waals surface area contributed by atoms with E-state index in [1.807, 2.05) is 31.2 Å². The number of nitrogens with zero attached hydrogens (tertiary/aromatic N) is 2. The van der Waals surface area contributed by atoms with Crippen molar-refractivity contribution < 1.29 is 14.3 Å². The van der Waals surface area contributed by atoms with Gasteiger partial charge in [0.1, 0.15) is 5.75 Å². The molecular weight excluding hydrogens is 356 g/mol. The van der Waals surface area contributed by atoms with E-state index in [-0.39, 0.29) is 12.1 Å². The van der Waals surface area contributed by atoms with Crippen molar-refractivity contribution in [3.63, 3.8) is 0 Å². The number of carbonyl (C=O) groups excluding carboxylic acids is 1. The van der Waals surface area contributed by atoms with Crippen molar-refractivity contribution in [2.24, 2.45) is 10.7 Å². The Kier molecular flexibility index (Phi) is 7.39. The van der Waals surface area contributed by atoms with Crippen LogP contribution in [-0.2, 0) is 11.3 Å². The van der Waals surface area contributed by atoms with Crippen molar-refractivity contribution in [3.05, 3.63) is 29.8 Å². The smallest absolute Gasteiger partial charge is 0.409 e. The largest absolute Gasteiger partial charge is 0.490 e. The molecule has 0 aromatic heterocycles. The van der Waals surface area contributed by atoms with Crippen LogP contribution in [0.1, 0.15) is 51.0 Å². The van der Waals surface area contributed by atoms with Crippen LogP contribution in [-0.4, -0.2) is 48.8 Å². The molecule has 1 aliphatic heterocycles. The lowest BCUT2D eigenvalue weighted by atomic mass is 10.1. The third-order valence-electron chi connectivity index (χ3n) is 5.36. The Bertz CT molecular complexity index is 665. The average Bonchev–Trinajstić information content (AvgIpc) is 3.21. The first-order valence-corrected chi connectivity index (χ1v) is 10.4. The predicted octanol–water partition coefficient (Wildman–Crippen LogP) is 3.03. The lowest BCUT2D eigenvalue weighted by Crippen LogP contribution is -2.48. The fourth-order valence-corrected chi connectivity index (χ4v) is 3.78. The topological polar surface area (TPSA) is 89.2 Å². The molecule has 0 radical (unpaired) electrons. The summed E-state index contributed by atoms with van der Waals surface area (Å²) in [6, 6.07) is 8.27. The number of likely N-dealkylation sites (tertiary alicyclic amines) is 1. The fraction of sp³-hybridized carbons (Fsp3) is 0.619. The average molecular weight is 389 g/mol. The number of nitrogens with one attached hydrogen (secondary N) is 1. The summed E-state index contributed by atoms with van der Waals surface area (Å²) in [5.74, 6) is 1.35. The molecule has 1 amide bonds. The van der Waals surface area contributed by atoms with Crippen molar-refractivity contribution in [2.75, 3.05) is 19.7 Å². The van der Waals surface area contributed by atoms with Gasteiger partial charge in [-0.05, 0) is 51.5 Å². The van der Waals surface area contributed by atoms with Gasteiger partial charge in [0, 0.05) is 24.7 Å². The van der Waals surface area contributed by atoms with Crippen LogP contribution in [0.15, 0.2) is 29.3 Å². The van der Waals surface area contributed by atoms with E-state index in [0.29, 0.717) is 38.3 Å². The zero-order valence-electron chi connectivity index (χ0n) is 16.7. The van der Waals surface area contributed by atoms with Crippen LogP contribution < -0.4 is 15.8 Å². The maximum atomic E-state index is 11.8. The van der Waals surface area contributed by atoms with Gasteiger partial charge in [-0.15, -0.1) is 0 Å². The van der Waals surface area contributed by atoms with E-state index in [1.165, 1.54) is 12.8 Å². The molecule has 0 spiro atoms. The number of amides is 1. The van der Waals surface area contributed by atoms with Crippen molar-refractivity contribution in [3.8, 4) is 5.75 Å². The van der Waals surface area contributed by atoms with Gasteiger partial charge in [-0.25, -0.2) is 9.79 Å². The summed E-state index contributed by atoms with van der Waals surface area (Å²) >= 11 is 0. The van der Waals surface area contributed by atoms with Gasteiger partial charge in [-0.1, -0.05) is 18.2 Å². The molecule has 7 heteroatoms. The molecule has 0 bridgehead atoms. The highest BCUT2D eigenvalue weighted by molar-refractivity contribution is 5.78. The zero-order valence-corrected chi connectivity index (χ0v) is 16.7. The summed E-state index contributed by atoms with van der Waals surface area (Å²) in [5, 5.41) is 3.28. The molecule has 1 aromatic carbocycles. The highest BCUT2D eigenvalue weighted by atomic mass is 16.6. The number of benzene rings is 1. The monoisotopic (exact) mass is 388 g/mol. The van der Waals surface area contributed by atoms with E-state index in [0.717, 1.165) is 37.0 Å². The summed E-state index contributed by atoms with van der Waals surface area (Å²) in [4.78, 5) is 18.0. The van der Waals surface area contributed by atoms with Crippen molar-refractivity contribution in [1.82, 2.24) is 10.2 Å². The van der Waals surface area contributed by atoms with Crippen LogP contribution in [0.3, 0.4) is 0 Å². The Balaban J connectivity index is 1.48. The number of carbonyl (C=O) groups is 1. The van der Waals surface area contributed by atoms with Crippen LogP contribution in [0.2, 0.25) is 0 Å². The zero-order chi connectivity index (χ0) is 19.8. The molecule has 1 saturated heterocycles. The SMILES string of the molecule is CCOC(=O)N1CCC(NC(N)=NCc2ccccc2OC2CCCC2)CC1. The van der Waals surface area contributed by atoms with Gasteiger partial charge in [0.15, 0.2) is 5.96 Å². The molecular formula is C21H32N4O3. The number of hydrogen-bond acceptors (Lipinski definition) is 4. The molecule has 2 fully saturated rings. The molecule has 7 nitrogen and oxygen atoms in total. The Morgan fingerprint density at radius 1 is 1.21 bits per heavy atom. The van der Waals surface area contributed by atoms with E-state index in [4.69, 9.17) is 15.2 Å². The second kappa shape index (κ2) is 10.2. The van der Waals surface area contributed by atoms with Gasteiger partial charge < -0.3 is 25.4 Å². The molecule has 1 aromatic rings. The van der Waals surface area contributed by atoms with Crippen LogP contribution in [0.5, 0.6) is 5.75 Å². The first-order valence-electron chi connectivity index (χ1n) is 10.4. The Labute approximate surface area is 167 Å². The second-order valence-corrected chi connectivity index (χ2v) is 7.44. The minimum absolute atomic E-state index is 0.222. The van der Waals surface area contributed by atoms with E-state index in [1.54, 1.807) is 4.90 Å². The number of rotatable bonds is 6. The third kappa shape index (κ3) is 5.78. The molecule has 1 heterocycles. The highest BCUT2D eigenvalue weighted by Crippen LogP contribution is 2.27. The number of nitrogens with two attached hydrogens (primary N) is 1. The molecule has 154 valence electrons. The minimum atomic E-state index is -0.235. The molecule has 1 saturated carbocycles. The van der Waals surface area contributed by atoms with Crippen LogP contribution in [0.4, 0.5) is 4.79 Å². The standard InChI is InChI=1S/C21H32N4O3/c1-2-27-21(26)25-13-11-17(12-14-25)24-20(22)23-15-16-7-3-6-10-19(16)28-18-8-4-5-9-18/h3,6-7,10,17-18H,2,4-5,8-9,11-15H2,1H3,(H3,22,23,24). The van der Waals surface area contributed by atoms with E-state index in [9.17, 15) is 4.79 Å². The lowest BCUT2D eigenvalue weighted by Gasteiger charge is -2.31. The summed E-state index contributed by atoms with van der Waals surface area (Å²) in [7, 11) is 0. The predicted molar refractivity (Wildman–Crippen MR) is 109 cm³/mol. The lowest BCUT2D eigenvalue weighted by molar-refractivity contribution is 0.0963.